The molecule has 0 amide bonds. The topological polar surface area (TPSA) is 9.23 Å². The Balaban J connectivity index is 2.74. The molecule has 0 aliphatic carbocycles. The van der Waals surface area contributed by atoms with Crippen molar-refractivity contribution in [3.63, 3.8) is 0 Å². The second kappa shape index (κ2) is 4.32. The molecule has 1 heteroatoms. The van der Waals surface area contributed by atoms with Gasteiger partial charge in [-0.1, -0.05) is 45.1 Å². The summed E-state index contributed by atoms with van der Waals surface area (Å²) in [5.74, 6) is 0.901. The third kappa shape index (κ3) is 3.65. The van der Waals surface area contributed by atoms with Crippen LogP contribution in [-0.2, 0) is 0 Å². The van der Waals surface area contributed by atoms with Crippen LogP contribution in [0.15, 0.2) is 30.3 Å². The number of rotatable bonds is 2. The maximum Gasteiger partial charge on any atom is 0.118 e. The molecule has 0 saturated carbocycles. The van der Waals surface area contributed by atoms with Crippen LogP contribution in [0.2, 0.25) is 0 Å². The molecule has 0 N–H and O–H groups in total. The summed E-state index contributed by atoms with van der Waals surface area (Å²) in [6.07, 6.45) is 4.34. The molecule has 0 fully saturated rings. The Morgan fingerprint density at radius 2 is 1.64 bits per heavy atom. The van der Waals surface area contributed by atoms with Gasteiger partial charge in [-0.3, -0.25) is 0 Å². The second-order valence-corrected chi connectivity index (χ2v) is 4.47. The lowest BCUT2D eigenvalue weighted by molar-refractivity contribution is 0.415. The van der Waals surface area contributed by atoms with E-state index in [-0.39, 0.29) is 5.41 Å². The normalized spacial score (nSPS) is 12.0. The van der Waals surface area contributed by atoms with Crippen LogP contribution in [0.3, 0.4) is 0 Å². The second-order valence-electron chi connectivity index (χ2n) is 4.47. The van der Waals surface area contributed by atoms with Gasteiger partial charge in [0.15, 0.2) is 0 Å². The summed E-state index contributed by atoms with van der Waals surface area (Å²) >= 11 is 0. The summed E-state index contributed by atoms with van der Waals surface area (Å²) in [6, 6.07) is 8.06. The summed E-state index contributed by atoms with van der Waals surface area (Å²) in [5.41, 5.74) is 1.45. The molecule has 14 heavy (non-hydrogen) atoms. The fourth-order valence-corrected chi connectivity index (χ4v) is 1.06. The monoisotopic (exact) mass is 190 g/mol. The van der Waals surface area contributed by atoms with Gasteiger partial charge in [-0.2, -0.15) is 0 Å². The van der Waals surface area contributed by atoms with E-state index in [0.29, 0.717) is 0 Å². The van der Waals surface area contributed by atoms with Gasteiger partial charge in [-0.15, -0.1) is 0 Å². The van der Waals surface area contributed by atoms with Gasteiger partial charge >= 0.3 is 0 Å². The Labute approximate surface area is 86.4 Å². The lowest BCUT2D eigenvalue weighted by Gasteiger charge is -2.10. The zero-order valence-corrected chi connectivity index (χ0v) is 9.37. The van der Waals surface area contributed by atoms with Crippen LogP contribution in [0.1, 0.15) is 26.3 Å². The van der Waals surface area contributed by atoms with Gasteiger partial charge < -0.3 is 4.74 Å². The standard InChI is InChI=1S/C13H18O/c1-13(2,3)10-9-11-5-7-12(14-4)8-6-11/h5-10H,1-4H3. The van der Waals surface area contributed by atoms with Crippen molar-refractivity contribution in [3.8, 4) is 5.75 Å². The summed E-state index contributed by atoms with van der Waals surface area (Å²) in [5, 5.41) is 0. The molecule has 0 heterocycles. The maximum atomic E-state index is 5.09. The number of methoxy groups -OCH3 is 1. The van der Waals surface area contributed by atoms with Crippen molar-refractivity contribution in [3.05, 3.63) is 35.9 Å². The molecular weight excluding hydrogens is 172 g/mol. The fourth-order valence-electron chi connectivity index (χ4n) is 1.06. The van der Waals surface area contributed by atoms with E-state index in [4.69, 9.17) is 4.74 Å². The third-order valence-corrected chi connectivity index (χ3v) is 1.89. The molecule has 0 aliphatic rings. The highest BCUT2D eigenvalue weighted by Crippen LogP contribution is 2.18. The van der Waals surface area contributed by atoms with Crippen molar-refractivity contribution in [1.82, 2.24) is 0 Å². The van der Waals surface area contributed by atoms with E-state index >= 15 is 0 Å². The van der Waals surface area contributed by atoms with Gasteiger partial charge in [0.1, 0.15) is 5.75 Å². The minimum atomic E-state index is 0.236. The van der Waals surface area contributed by atoms with E-state index in [1.165, 1.54) is 5.56 Å². The Kier molecular flexibility index (Phi) is 3.34. The number of benzene rings is 1. The van der Waals surface area contributed by atoms with Gasteiger partial charge in [0, 0.05) is 0 Å². The van der Waals surface area contributed by atoms with Crippen molar-refractivity contribution in [2.45, 2.75) is 20.8 Å². The molecule has 1 aromatic rings. The van der Waals surface area contributed by atoms with Gasteiger partial charge in [0.05, 0.1) is 7.11 Å². The Bertz CT molecular complexity index is 301. The summed E-state index contributed by atoms with van der Waals surface area (Å²) in [4.78, 5) is 0. The van der Waals surface area contributed by atoms with Crippen molar-refractivity contribution in [2.75, 3.05) is 7.11 Å². The molecule has 0 unspecified atom stereocenters. The summed E-state index contributed by atoms with van der Waals surface area (Å²) < 4.78 is 5.09. The highest BCUT2D eigenvalue weighted by atomic mass is 16.5. The number of ether oxygens (including phenoxy) is 1. The zero-order valence-electron chi connectivity index (χ0n) is 9.37. The fraction of sp³-hybridized carbons (Fsp3) is 0.385. The average Bonchev–Trinajstić information content (AvgIpc) is 2.14. The van der Waals surface area contributed by atoms with E-state index < -0.39 is 0 Å². The van der Waals surface area contributed by atoms with E-state index in [0.717, 1.165) is 5.75 Å². The SMILES string of the molecule is COc1ccc(C=CC(C)(C)C)cc1. The molecule has 0 bridgehead atoms. The molecular formula is C13H18O. The van der Waals surface area contributed by atoms with Gasteiger partial charge in [-0.05, 0) is 23.1 Å². The van der Waals surface area contributed by atoms with Gasteiger partial charge in [0.2, 0.25) is 0 Å². The predicted molar refractivity (Wildman–Crippen MR) is 61.5 cm³/mol. The molecule has 76 valence electrons. The molecule has 0 saturated heterocycles. The lowest BCUT2D eigenvalue weighted by atomic mass is 9.95. The first-order valence-corrected chi connectivity index (χ1v) is 4.84. The molecule has 0 aliphatic heterocycles. The highest BCUT2D eigenvalue weighted by molar-refractivity contribution is 5.51. The first-order valence-electron chi connectivity index (χ1n) is 4.84. The number of allylic oxidation sites excluding steroid dienone is 1. The Morgan fingerprint density at radius 3 is 2.07 bits per heavy atom. The molecule has 0 radical (unpaired) electrons. The Hall–Kier alpha value is -1.24. The van der Waals surface area contributed by atoms with E-state index in [2.05, 4.69) is 45.1 Å². The average molecular weight is 190 g/mol. The third-order valence-electron chi connectivity index (χ3n) is 1.89. The van der Waals surface area contributed by atoms with Gasteiger partial charge in [-0.25, -0.2) is 0 Å². The van der Waals surface area contributed by atoms with Crippen LogP contribution in [0.25, 0.3) is 6.08 Å². The summed E-state index contributed by atoms with van der Waals surface area (Å²) in [7, 11) is 1.68. The van der Waals surface area contributed by atoms with E-state index in [9.17, 15) is 0 Å². The maximum absolute atomic E-state index is 5.09. The quantitative estimate of drug-likeness (QED) is 0.690. The zero-order chi connectivity index (χ0) is 10.6. The van der Waals surface area contributed by atoms with Crippen molar-refractivity contribution in [1.29, 1.82) is 0 Å². The molecule has 1 rings (SSSR count). The van der Waals surface area contributed by atoms with Crippen LogP contribution < -0.4 is 4.74 Å². The molecule has 1 nitrogen and oxygen atoms in total. The predicted octanol–water partition coefficient (Wildman–Crippen LogP) is 3.75. The minimum absolute atomic E-state index is 0.236. The van der Waals surface area contributed by atoms with Crippen molar-refractivity contribution < 1.29 is 4.74 Å². The highest BCUT2D eigenvalue weighted by Gasteiger charge is 2.03. The first kappa shape index (κ1) is 10.8. The van der Waals surface area contributed by atoms with Crippen LogP contribution >= 0.6 is 0 Å². The van der Waals surface area contributed by atoms with E-state index in [1.807, 2.05) is 12.1 Å². The van der Waals surface area contributed by atoms with Crippen LogP contribution in [0.5, 0.6) is 5.75 Å². The van der Waals surface area contributed by atoms with Crippen molar-refractivity contribution in [2.24, 2.45) is 5.41 Å². The molecule has 0 atom stereocenters. The van der Waals surface area contributed by atoms with Crippen LogP contribution in [0, 0.1) is 5.41 Å². The lowest BCUT2D eigenvalue weighted by Crippen LogP contribution is -1.97. The van der Waals surface area contributed by atoms with E-state index in [1.54, 1.807) is 7.11 Å². The van der Waals surface area contributed by atoms with Crippen LogP contribution in [0.4, 0.5) is 0 Å². The largest absolute Gasteiger partial charge is 0.497 e. The van der Waals surface area contributed by atoms with Gasteiger partial charge in [0.25, 0.3) is 0 Å². The first-order chi connectivity index (χ1) is 6.51. The van der Waals surface area contributed by atoms with Crippen LogP contribution in [-0.4, -0.2) is 7.11 Å². The number of hydrogen-bond donors (Lipinski definition) is 0. The minimum Gasteiger partial charge on any atom is -0.497 e. The molecule has 0 aromatic heterocycles. The smallest absolute Gasteiger partial charge is 0.118 e. The van der Waals surface area contributed by atoms with Crippen molar-refractivity contribution >= 4 is 6.08 Å². The number of hydrogen-bond acceptors (Lipinski definition) is 1. The molecule has 1 aromatic carbocycles. The summed E-state index contributed by atoms with van der Waals surface area (Å²) in [6.45, 7) is 6.56. The molecule has 0 spiro atoms. The Morgan fingerprint density at radius 1 is 1.07 bits per heavy atom.